The highest BCUT2D eigenvalue weighted by atomic mass is 79.9. The Morgan fingerprint density at radius 1 is 1.47 bits per heavy atom. The Labute approximate surface area is 101 Å². The summed E-state index contributed by atoms with van der Waals surface area (Å²) in [5.41, 5.74) is 0. The van der Waals surface area contributed by atoms with Crippen molar-refractivity contribution in [2.75, 3.05) is 0 Å². The van der Waals surface area contributed by atoms with Crippen molar-refractivity contribution in [3.05, 3.63) is 45.9 Å². The molecule has 1 heterocycles. The lowest BCUT2D eigenvalue weighted by molar-refractivity contribution is 0.297. The lowest BCUT2D eigenvalue weighted by Crippen LogP contribution is -1.97. The van der Waals surface area contributed by atoms with Crippen LogP contribution in [0.5, 0.6) is 5.75 Å². The van der Waals surface area contributed by atoms with Crippen molar-refractivity contribution in [2.24, 2.45) is 0 Å². The molecule has 2 rings (SSSR count). The highest BCUT2D eigenvalue weighted by molar-refractivity contribution is 9.10. The summed E-state index contributed by atoms with van der Waals surface area (Å²) in [6.07, 6.45) is 3.44. The molecule has 0 bridgehead atoms. The molecule has 3 nitrogen and oxygen atoms in total. The van der Waals surface area contributed by atoms with Crippen molar-refractivity contribution in [3.8, 4) is 5.75 Å². The van der Waals surface area contributed by atoms with Crippen molar-refractivity contribution in [3.63, 3.8) is 0 Å². The molecule has 0 saturated heterocycles. The van der Waals surface area contributed by atoms with E-state index in [-0.39, 0.29) is 0 Å². The van der Waals surface area contributed by atoms with Crippen molar-refractivity contribution in [1.29, 1.82) is 0 Å². The quantitative estimate of drug-likeness (QED) is 0.939. The van der Waals surface area contributed by atoms with E-state index < -0.39 is 0 Å². The van der Waals surface area contributed by atoms with Crippen LogP contribution in [0, 0.1) is 0 Å². The molecule has 2 aromatic rings. The van der Waals surface area contributed by atoms with Crippen LogP contribution in [0.25, 0.3) is 0 Å². The van der Waals surface area contributed by atoms with Crippen molar-refractivity contribution >= 4 is 27.5 Å². The van der Waals surface area contributed by atoms with Gasteiger partial charge in [0.05, 0.1) is 5.02 Å². The number of ether oxygens (including phenoxy) is 1. The maximum atomic E-state index is 5.92. The SMILES string of the molecule is Clc1cc(OCc2ncc[nH]2)ccc1Br. The first-order chi connectivity index (χ1) is 7.25. The van der Waals surface area contributed by atoms with Crippen molar-refractivity contribution in [1.82, 2.24) is 9.97 Å². The highest BCUT2D eigenvalue weighted by Crippen LogP contribution is 2.26. The van der Waals surface area contributed by atoms with Gasteiger partial charge in [-0.15, -0.1) is 0 Å². The molecule has 15 heavy (non-hydrogen) atoms. The summed E-state index contributed by atoms with van der Waals surface area (Å²) in [6, 6.07) is 5.45. The number of hydrogen-bond acceptors (Lipinski definition) is 2. The van der Waals surface area contributed by atoms with E-state index in [1.54, 1.807) is 18.5 Å². The van der Waals surface area contributed by atoms with Crippen LogP contribution in [0.2, 0.25) is 5.02 Å². The number of nitrogens with zero attached hydrogens (tertiary/aromatic N) is 1. The molecule has 0 unspecified atom stereocenters. The average Bonchev–Trinajstić information content (AvgIpc) is 2.73. The van der Waals surface area contributed by atoms with Crippen LogP contribution in [-0.4, -0.2) is 9.97 Å². The van der Waals surface area contributed by atoms with Crippen molar-refractivity contribution < 1.29 is 4.74 Å². The molecule has 0 aliphatic carbocycles. The van der Waals surface area contributed by atoms with Gasteiger partial charge in [0.25, 0.3) is 0 Å². The Balaban J connectivity index is 2.02. The van der Waals surface area contributed by atoms with E-state index in [0.717, 1.165) is 16.0 Å². The first kappa shape index (κ1) is 10.5. The van der Waals surface area contributed by atoms with Gasteiger partial charge < -0.3 is 9.72 Å². The van der Waals surface area contributed by atoms with Gasteiger partial charge in [0.1, 0.15) is 18.2 Å². The fourth-order valence-electron chi connectivity index (χ4n) is 1.10. The third-order valence-electron chi connectivity index (χ3n) is 1.82. The molecule has 0 atom stereocenters. The Hall–Kier alpha value is -1.00. The lowest BCUT2D eigenvalue weighted by atomic mass is 10.3. The number of hydrogen-bond donors (Lipinski definition) is 1. The molecule has 0 aliphatic rings. The molecule has 0 radical (unpaired) electrons. The summed E-state index contributed by atoms with van der Waals surface area (Å²) in [6.45, 7) is 0.408. The lowest BCUT2D eigenvalue weighted by Gasteiger charge is -2.05. The molecule has 0 spiro atoms. The number of benzene rings is 1. The third-order valence-corrected chi connectivity index (χ3v) is 3.05. The second-order valence-corrected chi connectivity index (χ2v) is 4.16. The molecule has 0 amide bonds. The molecule has 5 heteroatoms. The standard InChI is InChI=1S/C10H8BrClN2O/c11-8-2-1-7(5-9(8)12)15-6-10-13-3-4-14-10/h1-5H,6H2,(H,13,14). The molecule has 0 saturated carbocycles. The Morgan fingerprint density at radius 3 is 3.00 bits per heavy atom. The molecule has 1 aromatic heterocycles. The van der Waals surface area contributed by atoms with Crippen LogP contribution in [-0.2, 0) is 6.61 Å². The van der Waals surface area contributed by atoms with Crippen LogP contribution in [0.4, 0.5) is 0 Å². The second kappa shape index (κ2) is 4.68. The van der Waals surface area contributed by atoms with E-state index in [2.05, 4.69) is 25.9 Å². The van der Waals surface area contributed by atoms with E-state index >= 15 is 0 Å². The smallest absolute Gasteiger partial charge is 0.146 e. The van der Waals surface area contributed by atoms with E-state index in [1.165, 1.54) is 0 Å². The van der Waals surface area contributed by atoms with Gasteiger partial charge in [-0.05, 0) is 34.1 Å². The Kier molecular flexibility index (Phi) is 3.28. The molecular weight excluding hydrogens is 279 g/mol. The number of rotatable bonds is 3. The van der Waals surface area contributed by atoms with Gasteiger partial charge in [0.15, 0.2) is 0 Å². The number of nitrogens with one attached hydrogen (secondary N) is 1. The van der Waals surface area contributed by atoms with E-state index in [4.69, 9.17) is 16.3 Å². The van der Waals surface area contributed by atoms with Gasteiger partial charge in [-0.2, -0.15) is 0 Å². The minimum Gasteiger partial charge on any atom is -0.486 e. The molecule has 0 fully saturated rings. The van der Waals surface area contributed by atoms with Gasteiger partial charge >= 0.3 is 0 Å². The summed E-state index contributed by atoms with van der Waals surface area (Å²) >= 11 is 9.24. The van der Waals surface area contributed by atoms with Crippen LogP contribution in [0.3, 0.4) is 0 Å². The number of imidazole rings is 1. The molecule has 1 aromatic carbocycles. The summed E-state index contributed by atoms with van der Waals surface area (Å²) in [7, 11) is 0. The minimum atomic E-state index is 0.408. The Bertz CT molecular complexity index is 445. The van der Waals surface area contributed by atoms with Crippen molar-refractivity contribution in [2.45, 2.75) is 6.61 Å². The van der Waals surface area contributed by atoms with Gasteiger partial charge in [-0.3, -0.25) is 0 Å². The first-order valence-corrected chi connectivity index (χ1v) is 5.49. The molecule has 1 N–H and O–H groups in total. The topological polar surface area (TPSA) is 37.9 Å². The molecule has 0 aliphatic heterocycles. The fourth-order valence-corrected chi connectivity index (χ4v) is 1.51. The molecule has 78 valence electrons. The number of halogens is 2. The summed E-state index contributed by atoms with van der Waals surface area (Å²) in [4.78, 5) is 7.00. The summed E-state index contributed by atoms with van der Waals surface area (Å²) in [5.74, 6) is 1.51. The minimum absolute atomic E-state index is 0.408. The zero-order valence-corrected chi connectivity index (χ0v) is 10.0. The van der Waals surface area contributed by atoms with Crippen LogP contribution in [0.1, 0.15) is 5.82 Å². The molecular formula is C10H8BrClN2O. The van der Waals surface area contributed by atoms with Crippen LogP contribution in [0.15, 0.2) is 35.1 Å². The van der Waals surface area contributed by atoms with E-state index in [1.807, 2.05) is 12.1 Å². The Morgan fingerprint density at radius 2 is 2.33 bits per heavy atom. The number of aromatic amines is 1. The average molecular weight is 288 g/mol. The zero-order chi connectivity index (χ0) is 10.7. The van der Waals surface area contributed by atoms with E-state index in [0.29, 0.717) is 11.6 Å². The van der Waals surface area contributed by atoms with Crippen LogP contribution >= 0.6 is 27.5 Å². The van der Waals surface area contributed by atoms with Gasteiger partial charge in [-0.25, -0.2) is 4.98 Å². The van der Waals surface area contributed by atoms with Gasteiger partial charge in [0, 0.05) is 16.9 Å². The van der Waals surface area contributed by atoms with Crippen LogP contribution < -0.4 is 4.74 Å². The zero-order valence-electron chi connectivity index (χ0n) is 7.71. The third kappa shape index (κ3) is 2.73. The van der Waals surface area contributed by atoms with Gasteiger partial charge in [-0.1, -0.05) is 11.6 Å². The summed E-state index contributed by atoms with van der Waals surface area (Å²) < 4.78 is 6.34. The fraction of sp³-hybridized carbons (Fsp3) is 0.100. The monoisotopic (exact) mass is 286 g/mol. The number of H-pyrrole nitrogens is 1. The van der Waals surface area contributed by atoms with Gasteiger partial charge in [0.2, 0.25) is 0 Å². The first-order valence-electron chi connectivity index (χ1n) is 4.32. The highest BCUT2D eigenvalue weighted by Gasteiger charge is 2.01. The van der Waals surface area contributed by atoms with E-state index in [9.17, 15) is 0 Å². The predicted octanol–water partition coefficient (Wildman–Crippen LogP) is 3.40. The summed E-state index contributed by atoms with van der Waals surface area (Å²) in [5, 5.41) is 0.631. The maximum absolute atomic E-state index is 5.92. The second-order valence-electron chi connectivity index (χ2n) is 2.90. The number of aromatic nitrogens is 2. The predicted molar refractivity (Wildman–Crippen MR) is 62.1 cm³/mol. The maximum Gasteiger partial charge on any atom is 0.146 e. The normalized spacial score (nSPS) is 10.3. The largest absolute Gasteiger partial charge is 0.486 e.